The van der Waals surface area contributed by atoms with Gasteiger partial charge in [-0.15, -0.1) is 0 Å². The number of aromatic nitrogens is 2. The van der Waals surface area contributed by atoms with Crippen LogP contribution >= 0.6 is 0 Å². The molecule has 3 atom stereocenters. The zero-order valence-electron chi connectivity index (χ0n) is 20.1. The van der Waals surface area contributed by atoms with E-state index in [0.717, 1.165) is 41.4 Å². The average molecular weight is 502 g/mol. The second-order valence-electron chi connectivity index (χ2n) is 10.7. The van der Waals surface area contributed by atoms with E-state index in [1.165, 1.54) is 23.3 Å². The summed E-state index contributed by atoms with van der Waals surface area (Å²) in [5.74, 6) is 0.287. The Morgan fingerprint density at radius 2 is 1.78 bits per heavy atom. The lowest BCUT2D eigenvalue weighted by molar-refractivity contribution is 0.387. The van der Waals surface area contributed by atoms with Gasteiger partial charge in [0.2, 0.25) is 10.0 Å². The Balaban J connectivity index is 1.32. The molecule has 36 heavy (non-hydrogen) atoms. The number of nitrogens with zero attached hydrogens (tertiary/aromatic N) is 3. The number of sulfonamides is 1. The van der Waals surface area contributed by atoms with E-state index in [9.17, 15) is 12.8 Å². The van der Waals surface area contributed by atoms with Gasteiger partial charge in [0.1, 0.15) is 5.82 Å². The van der Waals surface area contributed by atoms with Crippen LogP contribution in [-0.4, -0.2) is 40.8 Å². The fourth-order valence-electron chi connectivity index (χ4n) is 6.76. The smallest absolute Gasteiger partial charge is 0.217 e. The molecule has 7 heteroatoms. The molecule has 0 radical (unpaired) electrons. The number of aryl methyl sites for hydroxylation is 1. The molecule has 5 nitrogen and oxygen atoms in total. The monoisotopic (exact) mass is 501 g/mol. The Hall–Kier alpha value is -3.03. The first kappa shape index (κ1) is 22.2. The van der Waals surface area contributed by atoms with Crippen LogP contribution in [0.15, 0.2) is 72.9 Å². The van der Waals surface area contributed by atoms with Crippen LogP contribution in [0.25, 0.3) is 16.6 Å². The van der Waals surface area contributed by atoms with Crippen molar-refractivity contribution in [2.75, 3.05) is 13.1 Å². The minimum absolute atomic E-state index is 0.209. The Morgan fingerprint density at radius 3 is 2.47 bits per heavy atom. The number of benzene rings is 3. The van der Waals surface area contributed by atoms with E-state index < -0.39 is 10.0 Å². The molecule has 2 heterocycles. The molecule has 4 aromatic rings. The van der Waals surface area contributed by atoms with Crippen molar-refractivity contribution in [1.29, 1.82) is 0 Å². The van der Waals surface area contributed by atoms with Gasteiger partial charge in [-0.05, 0) is 78.8 Å². The molecule has 7 rings (SSSR count). The third-order valence-electron chi connectivity index (χ3n) is 8.83. The highest BCUT2D eigenvalue weighted by atomic mass is 32.2. The SMILES string of the molecule is Cc1cc2c(cnn2-c2ccc(F)cc2)cc1[C@]12CN(S(=O)(=O)C3CCC3)C[C@H]1[C@@H]2c1ccccc1. The standard InChI is InChI=1S/C29H28FN3O2S/c1-19-14-27-21(16-31-33(27)23-12-10-22(30)11-13-23)15-25(19)29-18-32(36(34,35)24-8-5-9-24)17-26(29)28(29)20-6-3-2-4-7-20/h2-4,6-7,10-16,24,26,28H,5,8-9,17-18H2,1H3/t26-,28-,29+/m0/s1. The Kier molecular flexibility index (Phi) is 4.77. The first-order valence-corrected chi connectivity index (χ1v) is 14.2. The predicted octanol–water partition coefficient (Wildman–Crippen LogP) is 5.32. The van der Waals surface area contributed by atoms with E-state index in [-0.39, 0.29) is 22.4 Å². The van der Waals surface area contributed by atoms with Crippen molar-refractivity contribution in [3.8, 4) is 5.69 Å². The minimum atomic E-state index is -3.26. The summed E-state index contributed by atoms with van der Waals surface area (Å²) in [5, 5.41) is 5.40. The molecule has 3 aromatic carbocycles. The minimum Gasteiger partial charge on any atom is -0.233 e. The predicted molar refractivity (Wildman–Crippen MR) is 138 cm³/mol. The number of hydrogen-bond acceptors (Lipinski definition) is 3. The summed E-state index contributed by atoms with van der Waals surface area (Å²) < 4.78 is 43.8. The van der Waals surface area contributed by atoms with Crippen molar-refractivity contribution in [1.82, 2.24) is 14.1 Å². The molecule has 3 fully saturated rings. The van der Waals surface area contributed by atoms with Gasteiger partial charge in [-0.1, -0.05) is 36.8 Å². The largest absolute Gasteiger partial charge is 0.233 e. The Morgan fingerprint density at radius 1 is 1.03 bits per heavy atom. The lowest BCUT2D eigenvalue weighted by Crippen LogP contribution is -2.43. The van der Waals surface area contributed by atoms with Crippen molar-refractivity contribution >= 4 is 20.9 Å². The molecule has 0 unspecified atom stereocenters. The second-order valence-corrected chi connectivity index (χ2v) is 12.9. The van der Waals surface area contributed by atoms with Crippen LogP contribution in [0.3, 0.4) is 0 Å². The quantitative estimate of drug-likeness (QED) is 0.372. The molecular formula is C29H28FN3O2S. The van der Waals surface area contributed by atoms with Gasteiger partial charge in [0.25, 0.3) is 0 Å². The third-order valence-corrected chi connectivity index (χ3v) is 11.1. The maximum Gasteiger partial charge on any atom is 0.217 e. The topological polar surface area (TPSA) is 55.2 Å². The van der Waals surface area contributed by atoms with Gasteiger partial charge < -0.3 is 0 Å². The summed E-state index contributed by atoms with van der Waals surface area (Å²) in [6, 6.07) is 21.2. The van der Waals surface area contributed by atoms with Crippen molar-refractivity contribution in [3.05, 3.63) is 95.4 Å². The molecular weight excluding hydrogens is 473 g/mol. The van der Waals surface area contributed by atoms with Crippen LogP contribution < -0.4 is 0 Å². The number of halogens is 1. The van der Waals surface area contributed by atoms with Crippen molar-refractivity contribution in [2.24, 2.45) is 5.92 Å². The van der Waals surface area contributed by atoms with Crippen molar-refractivity contribution < 1.29 is 12.8 Å². The summed E-state index contributed by atoms with van der Waals surface area (Å²) in [6.45, 7) is 3.24. The van der Waals surface area contributed by atoms with Gasteiger partial charge in [0, 0.05) is 29.8 Å². The Labute approximate surface area is 210 Å². The maximum atomic E-state index is 13.5. The molecule has 0 bridgehead atoms. The van der Waals surface area contributed by atoms with Gasteiger partial charge >= 0.3 is 0 Å². The first-order valence-electron chi connectivity index (χ1n) is 12.7. The van der Waals surface area contributed by atoms with Crippen molar-refractivity contribution in [2.45, 2.75) is 42.8 Å². The molecule has 0 spiro atoms. The van der Waals surface area contributed by atoms with Crippen LogP contribution in [0.4, 0.5) is 4.39 Å². The molecule has 1 saturated heterocycles. The zero-order valence-corrected chi connectivity index (χ0v) is 21.0. The number of hydrogen-bond donors (Lipinski definition) is 0. The lowest BCUT2D eigenvalue weighted by atomic mass is 9.87. The summed E-state index contributed by atoms with van der Waals surface area (Å²) in [7, 11) is -3.26. The summed E-state index contributed by atoms with van der Waals surface area (Å²) in [6.07, 6.45) is 4.43. The average Bonchev–Trinajstić information content (AvgIpc) is 3.10. The fourth-order valence-corrected chi connectivity index (χ4v) is 8.87. The van der Waals surface area contributed by atoms with E-state index in [1.54, 1.807) is 16.4 Å². The number of fused-ring (bicyclic) bond motifs is 2. The van der Waals surface area contributed by atoms with Gasteiger partial charge in [-0.2, -0.15) is 5.10 Å². The van der Waals surface area contributed by atoms with Crippen molar-refractivity contribution in [3.63, 3.8) is 0 Å². The van der Waals surface area contributed by atoms with Gasteiger partial charge in [-0.3, -0.25) is 0 Å². The highest BCUT2D eigenvalue weighted by Gasteiger charge is 2.71. The molecule has 0 amide bonds. The summed E-state index contributed by atoms with van der Waals surface area (Å²) in [4.78, 5) is 0. The fraction of sp³-hybridized carbons (Fsp3) is 0.345. The second kappa shape index (κ2) is 7.73. The van der Waals surface area contributed by atoms with E-state index in [2.05, 4.69) is 48.4 Å². The van der Waals surface area contributed by atoms with Crippen LogP contribution in [0.5, 0.6) is 0 Å². The van der Waals surface area contributed by atoms with Gasteiger partial charge in [-0.25, -0.2) is 21.8 Å². The Bertz CT molecular complexity index is 1580. The number of piperidine rings is 1. The molecule has 1 aromatic heterocycles. The zero-order chi connectivity index (χ0) is 24.7. The number of rotatable bonds is 5. The molecule has 0 N–H and O–H groups in total. The van der Waals surface area contributed by atoms with Crippen LogP contribution in [0.1, 0.15) is 41.9 Å². The molecule has 3 aliphatic rings. The van der Waals surface area contributed by atoms with E-state index in [4.69, 9.17) is 0 Å². The van der Waals surface area contributed by atoms with Gasteiger partial charge in [0.05, 0.1) is 22.7 Å². The van der Waals surface area contributed by atoms with E-state index in [1.807, 2.05) is 16.9 Å². The van der Waals surface area contributed by atoms with Crippen LogP contribution in [-0.2, 0) is 15.4 Å². The molecule has 184 valence electrons. The van der Waals surface area contributed by atoms with Gasteiger partial charge in [0.15, 0.2) is 0 Å². The normalized spacial score (nSPS) is 26.2. The summed E-state index contributed by atoms with van der Waals surface area (Å²) in [5.41, 5.74) is 5.18. The van der Waals surface area contributed by atoms with Crippen LogP contribution in [0, 0.1) is 18.7 Å². The van der Waals surface area contributed by atoms with E-state index in [0.29, 0.717) is 19.0 Å². The first-order chi connectivity index (χ1) is 17.4. The lowest BCUT2D eigenvalue weighted by Gasteiger charge is -2.32. The molecule has 1 aliphatic heterocycles. The highest BCUT2D eigenvalue weighted by Crippen LogP contribution is 2.70. The molecule has 2 aliphatic carbocycles. The summed E-state index contributed by atoms with van der Waals surface area (Å²) >= 11 is 0. The third kappa shape index (κ3) is 3.08. The highest BCUT2D eigenvalue weighted by molar-refractivity contribution is 7.89. The van der Waals surface area contributed by atoms with Crippen LogP contribution in [0.2, 0.25) is 0 Å². The molecule has 2 saturated carbocycles. The maximum absolute atomic E-state index is 13.5. The van der Waals surface area contributed by atoms with E-state index >= 15 is 0 Å².